The first-order valence-corrected chi connectivity index (χ1v) is 7.42. The van der Waals surface area contributed by atoms with Crippen molar-refractivity contribution in [2.75, 3.05) is 5.75 Å². The summed E-state index contributed by atoms with van der Waals surface area (Å²) in [5, 5.41) is 13.0. The van der Waals surface area contributed by atoms with Crippen LogP contribution in [0.2, 0.25) is 0 Å². The second-order valence-electron chi connectivity index (χ2n) is 4.81. The monoisotopic (exact) mass is 255 g/mol. The van der Waals surface area contributed by atoms with E-state index in [-0.39, 0.29) is 0 Å². The minimum absolute atomic E-state index is 0.293. The predicted octanol–water partition coefficient (Wildman–Crippen LogP) is 2.01. The molecule has 0 saturated heterocycles. The van der Waals surface area contributed by atoms with Gasteiger partial charge in [-0.05, 0) is 43.0 Å². The zero-order valence-corrected chi connectivity index (χ0v) is 11.2. The van der Waals surface area contributed by atoms with Crippen molar-refractivity contribution in [1.29, 1.82) is 0 Å². The standard InChI is InChI=1S/C11H21N5S/c1-9(12)5-4-8-17-11-13-14-15-16(11)10-6-2-3-7-10/h9-10H,2-8,12H2,1H3. The molecule has 0 bridgehead atoms. The number of thioether (sulfide) groups is 1. The van der Waals surface area contributed by atoms with Gasteiger partial charge in [0.25, 0.3) is 0 Å². The molecule has 5 nitrogen and oxygen atoms in total. The van der Waals surface area contributed by atoms with Gasteiger partial charge in [-0.2, -0.15) is 0 Å². The quantitative estimate of drug-likeness (QED) is 0.622. The first-order chi connectivity index (χ1) is 8.27. The van der Waals surface area contributed by atoms with E-state index in [1.807, 2.05) is 11.6 Å². The summed E-state index contributed by atoms with van der Waals surface area (Å²) in [5.41, 5.74) is 5.73. The van der Waals surface area contributed by atoms with Gasteiger partial charge in [-0.1, -0.05) is 24.6 Å². The summed E-state index contributed by atoms with van der Waals surface area (Å²) >= 11 is 1.75. The maximum atomic E-state index is 5.73. The molecular weight excluding hydrogens is 234 g/mol. The van der Waals surface area contributed by atoms with Gasteiger partial charge in [-0.15, -0.1) is 5.10 Å². The third-order valence-corrected chi connectivity index (χ3v) is 4.19. The number of rotatable bonds is 6. The van der Waals surface area contributed by atoms with Gasteiger partial charge in [0, 0.05) is 11.8 Å². The molecule has 96 valence electrons. The Balaban J connectivity index is 1.82. The van der Waals surface area contributed by atoms with Crippen molar-refractivity contribution in [3.63, 3.8) is 0 Å². The fourth-order valence-corrected chi connectivity index (χ4v) is 3.13. The van der Waals surface area contributed by atoms with Crippen LogP contribution >= 0.6 is 11.8 Å². The van der Waals surface area contributed by atoms with Gasteiger partial charge in [0.1, 0.15) is 0 Å². The summed E-state index contributed by atoms with van der Waals surface area (Å²) in [6.45, 7) is 2.05. The predicted molar refractivity (Wildman–Crippen MR) is 68.9 cm³/mol. The number of nitrogens with zero attached hydrogens (tertiary/aromatic N) is 4. The summed E-state index contributed by atoms with van der Waals surface area (Å²) in [5.74, 6) is 1.05. The summed E-state index contributed by atoms with van der Waals surface area (Å²) in [7, 11) is 0. The highest BCUT2D eigenvalue weighted by molar-refractivity contribution is 7.99. The van der Waals surface area contributed by atoms with E-state index in [1.165, 1.54) is 25.7 Å². The van der Waals surface area contributed by atoms with E-state index in [9.17, 15) is 0 Å². The van der Waals surface area contributed by atoms with Gasteiger partial charge in [0.15, 0.2) is 0 Å². The maximum absolute atomic E-state index is 5.73. The first kappa shape index (κ1) is 12.8. The van der Waals surface area contributed by atoms with Crippen LogP contribution in [0.15, 0.2) is 5.16 Å². The van der Waals surface area contributed by atoms with Gasteiger partial charge in [-0.25, -0.2) is 4.68 Å². The highest BCUT2D eigenvalue weighted by Crippen LogP contribution is 2.31. The molecule has 6 heteroatoms. The molecule has 1 saturated carbocycles. The lowest BCUT2D eigenvalue weighted by atomic mass is 10.2. The van der Waals surface area contributed by atoms with Crippen molar-refractivity contribution < 1.29 is 0 Å². The number of hydrogen-bond donors (Lipinski definition) is 1. The van der Waals surface area contributed by atoms with Crippen molar-refractivity contribution in [3.05, 3.63) is 0 Å². The highest BCUT2D eigenvalue weighted by atomic mass is 32.2. The molecule has 1 unspecified atom stereocenters. The summed E-state index contributed by atoms with van der Waals surface area (Å²) in [6, 6.07) is 0.822. The third-order valence-electron chi connectivity index (χ3n) is 3.17. The van der Waals surface area contributed by atoms with Gasteiger partial charge >= 0.3 is 0 Å². The minimum atomic E-state index is 0.293. The van der Waals surface area contributed by atoms with Crippen molar-refractivity contribution in [2.24, 2.45) is 5.73 Å². The largest absolute Gasteiger partial charge is 0.328 e. The molecule has 17 heavy (non-hydrogen) atoms. The Morgan fingerprint density at radius 2 is 2.24 bits per heavy atom. The lowest BCUT2D eigenvalue weighted by molar-refractivity contribution is 0.423. The van der Waals surface area contributed by atoms with Gasteiger partial charge < -0.3 is 5.73 Å². The molecule has 1 fully saturated rings. The van der Waals surface area contributed by atoms with Crippen molar-refractivity contribution >= 4 is 11.8 Å². The molecule has 1 aliphatic rings. The van der Waals surface area contributed by atoms with Crippen LogP contribution in [0, 0.1) is 0 Å². The van der Waals surface area contributed by atoms with Crippen LogP contribution in [-0.2, 0) is 0 Å². The molecule has 0 amide bonds. The van der Waals surface area contributed by atoms with E-state index >= 15 is 0 Å². The third kappa shape index (κ3) is 3.67. The lowest BCUT2D eigenvalue weighted by Gasteiger charge is -2.10. The second-order valence-corrected chi connectivity index (χ2v) is 5.87. The average Bonchev–Trinajstić information content (AvgIpc) is 2.94. The van der Waals surface area contributed by atoms with Crippen molar-refractivity contribution in [2.45, 2.75) is 62.7 Å². The summed E-state index contributed by atoms with van der Waals surface area (Å²) in [6.07, 6.45) is 7.24. The first-order valence-electron chi connectivity index (χ1n) is 6.43. The van der Waals surface area contributed by atoms with Crippen LogP contribution in [0.25, 0.3) is 0 Å². The highest BCUT2D eigenvalue weighted by Gasteiger charge is 2.21. The van der Waals surface area contributed by atoms with Crippen LogP contribution in [0.1, 0.15) is 51.5 Å². The van der Waals surface area contributed by atoms with E-state index < -0.39 is 0 Å². The number of nitrogens with two attached hydrogens (primary N) is 1. The van der Waals surface area contributed by atoms with E-state index in [1.54, 1.807) is 11.8 Å². The SMILES string of the molecule is CC(N)CCCSc1nnnn1C1CCCC1. The second kappa shape index (κ2) is 6.35. The summed E-state index contributed by atoms with van der Waals surface area (Å²) < 4.78 is 2.02. The van der Waals surface area contributed by atoms with Crippen LogP contribution in [0.5, 0.6) is 0 Å². The molecule has 0 spiro atoms. The van der Waals surface area contributed by atoms with Crippen LogP contribution in [-0.4, -0.2) is 32.0 Å². The van der Waals surface area contributed by atoms with E-state index in [2.05, 4.69) is 15.5 Å². The Morgan fingerprint density at radius 1 is 1.47 bits per heavy atom. The van der Waals surface area contributed by atoms with Gasteiger partial charge in [0.05, 0.1) is 6.04 Å². The van der Waals surface area contributed by atoms with E-state index in [0.717, 1.165) is 23.8 Å². The topological polar surface area (TPSA) is 69.6 Å². The Bertz CT molecular complexity index is 332. The zero-order chi connectivity index (χ0) is 12.1. The maximum Gasteiger partial charge on any atom is 0.209 e. The molecule has 0 aliphatic heterocycles. The van der Waals surface area contributed by atoms with Crippen LogP contribution in [0.3, 0.4) is 0 Å². The molecule has 1 heterocycles. The molecule has 1 aromatic heterocycles. The molecule has 1 aromatic rings. The Labute approximate surface area is 107 Å². The molecule has 0 aromatic carbocycles. The molecular formula is C11H21N5S. The number of aromatic nitrogens is 4. The molecule has 1 atom stereocenters. The van der Waals surface area contributed by atoms with Crippen LogP contribution in [0.4, 0.5) is 0 Å². The lowest BCUT2D eigenvalue weighted by Crippen LogP contribution is -2.14. The zero-order valence-electron chi connectivity index (χ0n) is 10.4. The van der Waals surface area contributed by atoms with Crippen molar-refractivity contribution in [1.82, 2.24) is 20.2 Å². The molecule has 1 aliphatic carbocycles. The Hall–Kier alpha value is -0.620. The minimum Gasteiger partial charge on any atom is -0.328 e. The van der Waals surface area contributed by atoms with Gasteiger partial charge in [-0.3, -0.25) is 0 Å². The molecule has 2 rings (SSSR count). The molecule has 0 radical (unpaired) electrons. The van der Waals surface area contributed by atoms with Crippen molar-refractivity contribution in [3.8, 4) is 0 Å². The fraction of sp³-hybridized carbons (Fsp3) is 0.909. The normalized spacial score (nSPS) is 18.7. The number of tetrazole rings is 1. The summed E-state index contributed by atoms with van der Waals surface area (Å²) in [4.78, 5) is 0. The van der Waals surface area contributed by atoms with Crippen LogP contribution < -0.4 is 5.73 Å². The Kier molecular flexibility index (Phi) is 4.79. The smallest absolute Gasteiger partial charge is 0.209 e. The average molecular weight is 255 g/mol. The van der Waals surface area contributed by atoms with Gasteiger partial charge in [0.2, 0.25) is 5.16 Å². The number of hydrogen-bond acceptors (Lipinski definition) is 5. The van der Waals surface area contributed by atoms with E-state index in [0.29, 0.717) is 12.1 Å². The van der Waals surface area contributed by atoms with E-state index in [4.69, 9.17) is 5.73 Å². The molecule has 2 N–H and O–H groups in total. The fourth-order valence-electron chi connectivity index (χ4n) is 2.23. The Morgan fingerprint density at radius 3 is 2.94 bits per heavy atom.